The van der Waals surface area contributed by atoms with Crippen LogP contribution in [0.25, 0.3) is 0 Å². The first-order chi connectivity index (χ1) is 14.0. The first-order valence-corrected chi connectivity index (χ1v) is 10.2. The Balaban J connectivity index is 1.79. The Morgan fingerprint density at radius 1 is 0.759 bits per heavy atom. The molecule has 0 N–H and O–H groups in total. The van der Waals surface area contributed by atoms with Crippen LogP contribution in [0, 0.1) is 0 Å². The van der Waals surface area contributed by atoms with E-state index in [1.54, 1.807) is 0 Å². The quantitative estimate of drug-likeness (QED) is 0.488. The van der Waals surface area contributed by atoms with E-state index in [1.165, 1.54) is 0 Å². The van der Waals surface area contributed by atoms with Crippen molar-refractivity contribution < 1.29 is 9.53 Å². The Kier molecular flexibility index (Phi) is 7.07. The van der Waals surface area contributed by atoms with Gasteiger partial charge in [-0.25, -0.2) is 0 Å². The maximum absolute atomic E-state index is 13.3. The van der Waals surface area contributed by atoms with Gasteiger partial charge in [0.15, 0.2) is 6.10 Å². The smallest absolute Gasteiger partial charge is 0.263 e. The van der Waals surface area contributed by atoms with Gasteiger partial charge in [-0.05, 0) is 35.6 Å². The van der Waals surface area contributed by atoms with Crippen LogP contribution < -0.4 is 4.74 Å². The lowest BCUT2D eigenvalue weighted by Crippen LogP contribution is -2.39. The summed E-state index contributed by atoms with van der Waals surface area (Å²) in [7, 11) is 0. The summed E-state index contributed by atoms with van der Waals surface area (Å²) in [6.07, 6.45) is -0.567. The molecule has 0 aliphatic heterocycles. The summed E-state index contributed by atoms with van der Waals surface area (Å²) in [6.45, 7) is 7.20. The molecule has 3 aromatic carbocycles. The predicted molar refractivity (Wildman–Crippen MR) is 118 cm³/mol. The zero-order valence-electron chi connectivity index (χ0n) is 17.4. The molecule has 0 bridgehead atoms. The van der Waals surface area contributed by atoms with Crippen molar-refractivity contribution in [1.82, 2.24) is 4.90 Å². The van der Waals surface area contributed by atoms with Crippen molar-refractivity contribution in [3.05, 3.63) is 102 Å². The van der Waals surface area contributed by atoms with Crippen molar-refractivity contribution in [3.8, 4) is 5.75 Å². The van der Waals surface area contributed by atoms with Crippen LogP contribution in [0.1, 0.15) is 43.4 Å². The first kappa shape index (κ1) is 20.7. The van der Waals surface area contributed by atoms with Gasteiger partial charge in [-0.2, -0.15) is 0 Å². The van der Waals surface area contributed by atoms with Crippen LogP contribution in [0.3, 0.4) is 0 Å². The number of benzene rings is 3. The second-order valence-electron chi connectivity index (χ2n) is 7.62. The van der Waals surface area contributed by atoms with Gasteiger partial charge in [-0.15, -0.1) is 0 Å². The molecule has 0 radical (unpaired) electrons. The third-order valence-electron chi connectivity index (χ3n) is 4.94. The molecule has 3 rings (SSSR count). The minimum atomic E-state index is -0.567. The number of amides is 1. The average molecular weight is 388 g/mol. The average Bonchev–Trinajstić information content (AvgIpc) is 2.74. The lowest BCUT2D eigenvalue weighted by atomic mass is 10.0. The van der Waals surface area contributed by atoms with E-state index in [2.05, 4.69) is 19.9 Å². The highest BCUT2D eigenvalue weighted by atomic mass is 16.5. The zero-order chi connectivity index (χ0) is 20.6. The van der Waals surface area contributed by atoms with Gasteiger partial charge >= 0.3 is 0 Å². The van der Waals surface area contributed by atoms with Crippen molar-refractivity contribution >= 4 is 5.91 Å². The Hall–Kier alpha value is -3.07. The molecular weight excluding hydrogens is 358 g/mol. The second-order valence-corrected chi connectivity index (χ2v) is 7.62. The van der Waals surface area contributed by atoms with Gasteiger partial charge < -0.3 is 9.64 Å². The highest BCUT2D eigenvalue weighted by Crippen LogP contribution is 2.27. The second kappa shape index (κ2) is 9.92. The summed E-state index contributed by atoms with van der Waals surface area (Å²) in [5.74, 6) is 1.09. The van der Waals surface area contributed by atoms with Gasteiger partial charge in [0.2, 0.25) is 0 Å². The molecule has 3 heteroatoms. The zero-order valence-corrected chi connectivity index (χ0v) is 17.4. The molecule has 0 aliphatic rings. The molecule has 0 saturated carbocycles. The van der Waals surface area contributed by atoms with Crippen LogP contribution >= 0.6 is 0 Å². The van der Waals surface area contributed by atoms with E-state index in [0.29, 0.717) is 19.0 Å². The number of ether oxygens (including phenoxy) is 1. The van der Waals surface area contributed by atoms with Crippen LogP contribution in [-0.4, -0.2) is 16.9 Å². The molecule has 1 amide bonds. The Morgan fingerprint density at radius 2 is 1.24 bits per heavy atom. The summed E-state index contributed by atoms with van der Waals surface area (Å²) >= 11 is 0. The van der Waals surface area contributed by atoms with Crippen molar-refractivity contribution in [2.75, 3.05) is 0 Å². The minimum absolute atomic E-state index is 0.0173. The van der Waals surface area contributed by atoms with E-state index < -0.39 is 6.10 Å². The molecule has 0 aliphatic carbocycles. The molecule has 0 saturated heterocycles. The number of rotatable bonds is 8. The van der Waals surface area contributed by atoms with Crippen LogP contribution in [0.4, 0.5) is 0 Å². The van der Waals surface area contributed by atoms with Crippen LogP contribution in [0.15, 0.2) is 84.9 Å². The Labute approximate surface area is 174 Å². The normalized spacial score (nSPS) is 11.9. The summed E-state index contributed by atoms with van der Waals surface area (Å²) in [4.78, 5) is 15.2. The molecule has 150 valence electrons. The summed E-state index contributed by atoms with van der Waals surface area (Å²) < 4.78 is 6.13. The predicted octanol–water partition coefficient (Wildman–Crippen LogP) is 5.81. The molecule has 0 spiro atoms. The van der Waals surface area contributed by atoms with Gasteiger partial charge in [0.1, 0.15) is 5.75 Å². The monoisotopic (exact) mass is 387 g/mol. The van der Waals surface area contributed by atoms with E-state index in [-0.39, 0.29) is 5.91 Å². The van der Waals surface area contributed by atoms with Gasteiger partial charge in [0, 0.05) is 13.1 Å². The first-order valence-electron chi connectivity index (χ1n) is 10.2. The minimum Gasteiger partial charge on any atom is -0.481 e. The standard InChI is InChI=1S/C26H29NO2/c1-20(2)24-16-10-11-17-25(24)29-21(3)26(28)27(18-22-12-6-4-7-13-22)19-23-14-8-5-9-15-23/h4-17,20-21H,18-19H2,1-3H3/t21-/m1/s1. The highest BCUT2D eigenvalue weighted by molar-refractivity contribution is 5.81. The van der Waals surface area contributed by atoms with E-state index in [1.807, 2.05) is 90.7 Å². The largest absolute Gasteiger partial charge is 0.481 e. The maximum atomic E-state index is 13.3. The Morgan fingerprint density at radius 3 is 1.76 bits per heavy atom. The summed E-state index contributed by atoms with van der Waals surface area (Å²) in [5, 5.41) is 0. The lowest BCUT2D eigenvalue weighted by Gasteiger charge is -2.27. The molecule has 0 heterocycles. The van der Waals surface area contributed by atoms with E-state index in [0.717, 1.165) is 22.4 Å². The number of carbonyl (C=O) groups is 1. The number of hydrogen-bond acceptors (Lipinski definition) is 2. The molecule has 29 heavy (non-hydrogen) atoms. The van der Waals surface area contributed by atoms with Crippen molar-refractivity contribution in [1.29, 1.82) is 0 Å². The topological polar surface area (TPSA) is 29.5 Å². The van der Waals surface area contributed by atoms with E-state index >= 15 is 0 Å². The van der Waals surface area contributed by atoms with Gasteiger partial charge in [0.05, 0.1) is 0 Å². The lowest BCUT2D eigenvalue weighted by molar-refractivity contribution is -0.139. The van der Waals surface area contributed by atoms with Gasteiger partial charge in [0.25, 0.3) is 5.91 Å². The van der Waals surface area contributed by atoms with E-state index in [4.69, 9.17) is 4.74 Å². The molecule has 0 fully saturated rings. The maximum Gasteiger partial charge on any atom is 0.263 e. The number of hydrogen-bond donors (Lipinski definition) is 0. The Bertz CT molecular complexity index is 865. The van der Waals surface area contributed by atoms with Crippen LogP contribution in [0.5, 0.6) is 5.75 Å². The number of nitrogens with zero attached hydrogens (tertiary/aromatic N) is 1. The molecule has 0 aromatic heterocycles. The summed E-state index contributed by atoms with van der Waals surface area (Å²) in [5.41, 5.74) is 3.32. The molecular formula is C26H29NO2. The van der Waals surface area contributed by atoms with Gasteiger partial charge in [-0.3, -0.25) is 4.79 Å². The molecule has 3 aromatic rings. The highest BCUT2D eigenvalue weighted by Gasteiger charge is 2.23. The summed E-state index contributed by atoms with van der Waals surface area (Å²) in [6, 6.07) is 28.1. The SMILES string of the molecule is CC(C)c1ccccc1O[C@H](C)C(=O)N(Cc1ccccc1)Cc1ccccc1. The fraction of sp³-hybridized carbons (Fsp3) is 0.269. The fourth-order valence-corrected chi connectivity index (χ4v) is 3.38. The molecule has 3 nitrogen and oxygen atoms in total. The van der Waals surface area contributed by atoms with Crippen molar-refractivity contribution in [2.45, 2.75) is 45.9 Å². The number of para-hydroxylation sites is 1. The third-order valence-corrected chi connectivity index (χ3v) is 4.94. The molecule has 0 unspecified atom stereocenters. The van der Waals surface area contributed by atoms with Crippen LogP contribution in [0.2, 0.25) is 0 Å². The fourth-order valence-electron chi connectivity index (χ4n) is 3.38. The van der Waals surface area contributed by atoms with E-state index in [9.17, 15) is 4.79 Å². The molecule has 1 atom stereocenters. The van der Waals surface area contributed by atoms with Crippen LogP contribution in [-0.2, 0) is 17.9 Å². The van der Waals surface area contributed by atoms with Crippen molar-refractivity contribution in [3.63, 3.8) is 0 Å². The van der Waals surface area contributed by atoms with Crippen molar-refractivity contribution in [2.24, 2.45) is 0 Å². The third kappa shape index (κ3) is 5.71. The number of carbonyl (C=O) groups excluding carboxylic acids is 1. The van der Waals surface area contributed by atoms with Gasteiger partial charge in [-0.1, -0.05) is 92.7 Å².